The van der Waals surface area contributed by atoms with Crippen LogP contribution in [0.15, 0.2) is 273 Å². The Hall–Kier alpha value is -8.52. The van der Waals surface area contributed by atoms with Crippen molar-refractivity contribution in [3.63, 3.8) is 0 Å². The molecule has 1 nitrogen and oxygen atoms in total. The quantitative estimate of drug-likeness (QED) is 0.147. The van der Waals surface area contributed by atoms with Crippen LogP contribution in [0.2, 0.25) is 0 Å². The average molecular weight is 852 g/mol. The SMILES string of the molecule is c1ccc(N(c2ccc(-c3cccc(C4(c5ccccc5)c5ccccc5-c5cccc6cccc4c56)c3)cc2)c2ccc3c(c2)C(c2ccccc2)(c2ccccc2)c2ccccc2-3)cc1. The summed E-state index contributed by atoms with van der Waals surface area (Å²) >= 11 is 0. The minimum Gasteiger partial charge on any atom is -0.310 e. The zero-order valence-corrected chi connectivity index (χ0v) is 36.9. The molecule has 0 aliphatic heterocycles. The molecule has 0 saturated heterocycles. The summed E-state index contributed by atoms with van der Waals surface area (Å²) in [6.45, 7) is 0. The van der Waals surface area contributed by atoms with Gasteiger partial charge < -0.3 is 4.90 Å². The number of benzene rings is 11. The lowest BCUT2D eigenvalue weighted by Gasteiger charge is -2.42. The van der Waals surface area contributed by atoms with Crippen LogP contribution < -0.4 is 4.90 Å². The van der Waals surface area contributed by atoms with E-state index in [0.717, 1.165) is 17.1 Å². The number of anilines is 3. The van der Waals surface area contributed by atoms with Gasteiger partial charge in [0.1, 0.15) is 0 Å². The summed E-state index contributed by atoms with van der Waals surface area (Å²) in [7, 11) is 0. The van der Waals surface area contributed by atoms with Gasteiger partial charge in [0.15, 0.2) is 0 Å². The molecule has 1 heteroatoms. The van der Waals surface area contributed by atoms with Gasteiger partial charge in [0, 0.05) is 17.1 Å². The number of para-hydroxylation sites is 1. The molecule has 2 aliphatic rings. The van der Waals surface area contributed by atoms with Crippen molar-refractivity contribution < 1.29 is 0 Å². The van der Waals surface area contributed by atoms with Crippen LogP contribution in [0.4, 0.5) is 17.1 Å². The fraction of sp³-hybridized carbons (Fsp3) is 0.0303. The summed E-state index contributed by atoms with van der Waals surface area (Å²) in [5, 5.41) is 2.58. The van der Waals surface area contributed by atoms with Crippen LogP contribution in [-0.4, -0.2) is 0 Å². The van der Waals surface area contributed by atoms with E-state index in [0.29, 0.717) is 0 Å². The third kappa shape index (κ3) is 5.81. The summed E-state index contributed by atoms with van der Waals surface area (Å²) in [5.41, 5.74) is 20.0. The second-order valence-corrected chi connectivity index (χ2v) is 17.9. The summed E-state index contributed by atoms with van der Waals surface area (Å²) in [6.07, 6.45) is 0. The van der Waals surface area contributed by atoms with Crippen molar-refractivity contribution in [2.75, 3.05) is 4.90 Å². The van der Waals surface area contributed by atoms with Gasteiger partial charge in [-0.1, -0.05) is 231 Å². The first-order valence-electron chi connectivity index (χ1n) is 23.3. The molecule has 0 heterocycles. The lowest BCUT2D eigenvalue weighted by atomic mass is 9.59. The van der Waals surface area contributed by atoms with Gasteiger partial charge >= 0.3 is 0 Å². The smallest absolute Gasteiger partial charge is 0.0714 e. The minimum atomic E-state index is -0.534. The normalized spacial score (nSPS) is 15.0. The van der Waals surface area contributed by atoms with Gasteiger partial charge in [-0.25, -0.2) is 0 Å². The molecule has 1 atom stereocenters. The predicted octanol–water partition coefficient (Wildman–Crippen LogP) is 16.7. The molecule has 67 heavy (non-hydrogen) atoms. The van der Waals surface area contributed by atoms with Crippen LogP contribution in [-0.2, 0) is 10.8 Å². The Balaban J connectivity index is 0.962. The van der Waals surface area contributed by atoms with Crippen LogP contribution in [0.25, 0.3) is 44.2 Å². The van der Waals surface area contributed by atoms with Crippen molar-refractivity contribution >= 4 is 27.8 Å². The third-order valence-corrected chi connectivity index (χ3v) is 14.6. The summed E-state index contributed by atoms with van der Waals surface area (Å²) < 4.78 is 0. The van der Waals surface area contributed by atoms with E-state index >= 15 is 0 Å². The number of nitrogens with zero attached hydrogens (tertiary/aromatic N) is 1. The predicted molar refractivity (Wildman–Crippen MR) is 279 cm³/mol. The van der Waals surface area contributed by atoms with Crippen LogP contribution in [0, 0.1) is 0 Å². The zero-order chi connectivity index (χ0) is 44.4. The molecule has 11 aromatic carbocycles. The molecule has 1 unspecified atom stereocenters. The second kappa shape index (κ2) is 15.6. The van der Waals surface area contributed by atoms with Crippen LogP contribution in [0.1, 0.15) is 44.5 Å². The van der Waals surface area contributed by atoms with E-state index in [1.165, 1.54) is 88.7 Å². The maximum Gasteiger partial charge on any atom is 0.0714 e. The second-order valence-electron chi connectivity index (χ2n) is 17.9. The Morgan fingerprint density at radius 3 is 1.30 bits per heavy atom. The summed E-state index contributed by atoms with van der Waals surface area (Å²) in [5.74, 6) is 0. The standard InChI is InChI=1S/C66H45N/c1-5-23-49(24-6-1)65(50-25-7-2-8-26-50)60-35-15-13-32-56(60)58-43-42-55(45-63(58)65)67(53-30-11-4-12-31-53)54-40-38-46(39-41-54)48-22-17-29-52(44-48)66(51-27-9-3-10-28-51)61-36-16-14-33-57(61)59-34-18-20-47-21-19-37-62(66)64(47)59/h1-45H. The topological polar surface area (TPSA) is 3.24 Å². The monoisotopic (exact) mass is 851 g/mol. The molecule has 0 fully saturated rings. The van der Waals surface area contributed by atoms with Crippen LogP contribution in [0.5, 0.6) is 0 Å². The van der Waals surface area contributed by atoms with Gasteiger partial charge in [-0.3, -0.25) is 0 Å². The molecule has 2 aliphatic carbocycles. The van der Waals surface area contributed by atoms with E-state index in [2.05, 4.69) is 278 Å². The fourth-order valence-electron chi connectivity index (χ4n) is 11.9. The highest BCUT2D eigenvalue weighted by Crippen LogP contribution is 2.58. The first-order chi connectivity index (χ1) is 33.2. The molecule has 13 rings (SSSR count). The Kier molecular flexibility index (Phi) is 9.05. The van der Waals surface area contributed by atoms with Crippen molar-refractivity contribution in [3.8, 4) is 33.4 Å². The van der Waals surface area contributed by atoms with E-state index in [9.17, 15) is 0 Å². The highest BCUT2D eigenvalue weighted by atomic mass is 15.1. The Morgan fingerprint density at radius 2 is 0.672 bits per heavy atom. The molecular formula is C66H45N. The van der Waals surface area contributed by atoms with Crippen molar-refractivity contribution in [1.29, 1.82) is 0 Å². The highest BCUT2D eigenvalue weighted by molar-refractivity contribution is 6.05. The molecule has 0 amide bonds. The van der Waals surface area contributed by atoms with E-state index in [-0.39, 0.29) is 0 Å². The maximum atomic E-state index is 2.45. The molecule has 314 valence electrons. The van der Waals surface area contributed by atoms with Crippen molar-refractivity contribution in [2.24, 2.45) is 0 Å². The molecule has 11 aromatic rings. The molecule has 0 saturated carbocycles. The molecular weight excluding hydrogens is 807 g/mol. The molecule has 0 radical (unpaired) electrons. The van der Waals surface area contributed by atoms with E-state index in [1.54, 1.807) is 0 Å². The van der Waals surface area contributed by atoms with Gasteiger partial charge in [0.25, 0.3) is 0 Å². The first-order valence-corrected chi connectivity index (χ1v) is 23.3. The average Bonchev–Trinajstić information content (AvgIpc) is 3.71. The number of rotatable bonds is 8. The molecule has 0 aromatic heterocycles. The lowest BCUT2D eigenvalue weighted by molar-refractivity contribution is 0.750. The zero-order valence-electron chi connectivity index (χ0n) is 36.9. The van der Waals surface area contributed by atoms with Crippen LogP contribution >= 0.6 is 0 Å². The van der Waals surface area contributed by atoms with Crippen LogP contribution in [0.3, 0.4) is 0 Å². The van der Waals surface area contributed by atoms with E-state index in [1.807, 2.05) is 0 Å². The molecule has 0 N–H and O–H groups in total. The van der Waals surface area contributed by atoms with E-state index in [4.69, 9.17) is 0 Å². The molecule has 0 bridgehead atoms. The number of hydrogen-bond acceptors (Lipinski definition) is 1. The Morgan fingerprint density at radius 1 is 0.239 bits per heavy atom. The van der Waals surface area contributed by atoms with Gasteiger partial charge in [-0.15, -0.1) is 0 Å². The summed E-state index contributed by atoms with van der Waals surface area (Å²) in [4.78, 5) is 2.41. The fourth-order valence-corrected chi connectivity index (χ4v) is 11.9. The Bertz CT molecular complexity index is 3570. The highest BCUT2D eigenvalue weighted by Gasteiger charge is 2.47. The largest absolute Gasteiger partial charge is 0.310 e. The minimum absolute atomic E-state index is 0.495. The number of hydrogen-bond donors (Lipinski definition) is 0. The van der Waals surface area contributed by atoms with E-state index < -0.39 is 10.8 Å². The summed E-state index contributed by atoms with van der Waals surface area (Å²) in [6, 6.07) is 101. The van der Waals surface area contributed by atoms with Crippen molar-refractivity contribution in [2.45, 2.75) is 10.8 Å². The number of fused-ring (bicyclic) bond motifs is 5. The lowest BCUT2D eigenvalue weighted by Crippen LogP contribution is -2.33. The van der Waals surface area contributed by atoms with Gasteiger partial charge in [0.05, 0.1) is 10.8 Å². The first kappa shape index (κ1) is 38.9. The Labute approximate surface area is 392 Å². The van der Waals surface area contributed by atoms with Gasteiger partial charge in [-0.2, -0.15) is 0 Å². The maximum absolute atomic E-state index is 2.45. The van der Waals surface area contributed by atoms with Gasteiger partial charge in [-0.05, 0) is 131 Å². The van der Waals surface area contributed by atoms with Crippen molar-refractivity contribution in [3.05, 3.63) is 317 Å². The van der Waals surface area contributed by atoms with Crippen molar-refractivity contribution in [1.82, 2.24) is 0 Å². The molecule has 0 spiro atoms. The third-order valence-electron chi connectivity index (χ3n) is 14.6. The van der Waals surface area contributed by atoms with Gasteiger partial charge in [0.2, 0.25) is 0 Å².